The van der Waals surface area contributed by atoms with Crippen molar-refractivity contribution in [2.45, 2.75) is 58.4 Å². The number of halogens is 1. The van der Waals surface area contributed by atoms with Crippen molar-refractivity contribution in [3.8, 4) is 0 Å². The van der Waals surface area contributed by atoms with Gasteiger partial charge in [0.2, 0.25) is 5.91 Å². The molecule has 0 aromatic carbocycles. The standard InChI is InChI=1S/C17H33N3O.ClH/c1-14(2)16(18)17(21)20-10-6-9-19(11-12-20)13-15-7-4-3-5-8-15;/h14-16H,3-13,18H2,1-2H3;1H/t16-;/m0./s1. The Hall–Kier alpha value is -0.320. The van der Waals surface area contributed by atoms with E-state index in [0.717, 1.165) is 38.5 Å². The van der Waals surface area contributed by atoms with Gasteiger partial charge in [0, 0.05) is 26.2 Å². The van der Waals surface area contributed by atoms with Crippen molar-refractivity contribution in [2.24, 2.45) is 17.6 Å². The van der Waals surface area contributed by atoms with E-state index < -0.39 is 0 Å². The highest BCUT2D eigenvalue weighted by atomic mass is 35.5. The highest BCUT2D eigenvalue weighted by Crippen LogP contribution is 2.24. The maximum absolute atomic E-state index is 12.4. The van der Waals surface area contributed by atoms with Gasteiger partial charge < -0.3 is 15.5 Å². The van der Waals surface area contributed by atoms with Crippen molar-refractivity contribution in [3.63, 3.8) is 0 Å². The van der Waals surface area contributed by atoms with Crippen LogP contribution in [0.5, 0.6) is 0 Å². The lowest BCUT2D eigenvalue weighted by molar-refractivity contribution is -0.133. The predicted octanol–water partition coefficient (Wildman–Crippen LogP) is 2.51. The molecule has 0 spiro atoms. The highest BCUT2D eigenvalue weighted by molar-refractivity contribution is 5.85. The van der Waals surface area contributed by atoms with Gasteiger partial charge in [-0.2, -0.15) is 0 Å². The van der Waals surface area contributed by atoms with Crippen LogP contribution in [0.15, 0.2) is 0 Å². The summed E-state index contributed by atoms with van der Waals surface area (Å²) in [5.74, 6) is 1.25. The third kappa shape index (κ3) is 5.71. The summed E-state index contributed by atoms with van der Waals surface area (Å²) in [5.41, 5.74) is 6.02. The van der Waals surface area contributed by atoms with Crippen molar-refractivity contribution in [1.29, 1.82) is 0 Å². The summed E-state index contributed by atoms with van der Waals surface area (Å²) in [6.45, 7) is 9.17. The van der Waals surface area contributed by atoms with Crippen molar-refractivity contribution in [1.82, 2.24) is 9.80 Å². The quantitative estimate of drug-likeness (QED) is 0.861. The molecule has 1 heterocycles. The number of hydrogen-bond acceptors (Lipinski definition) is 3. The summed E-state index contributed by atoms with van der Waals surface area (Å²) in [6.07, 6.45) is 8.13. The molecule has 2 aliphatic rings. The summed E-state index contributed by atoms with van der Waals surface area (Å²) in [7, 11) is 0. The van der Waals surface area contributed by atoms with Gasteiger partial charge in [0.25, 0.3) is 0 Å². The molecular formula is C17H34ClN3O. The first kappa shape index (κ1) is 19.7. The van der Waals surface area contributed by atoms with E-state index in [-0.39, 0.29) is 30.3 Å². The van der Waals surface area contributed by atoms with Crippen LogP contribution in [0.1, 0.15) is 52.4 Å². The maximum atomic E-state index is 12.4. The van der Waals surface area contributed by atoms with E-state index in [1.807, 2.05) is 18.7 Å². The largest absolute Gasteiger partial charge is 0.340 e. The van der Waals surface area contributed by atoms with Crippen molar-refractivity contribution in [3.05, 3.63) is 0 Å². The molecule has 5 heteroatoms. The number of carbonyl (C=O) groups is 1. The third-order valence-corrected chi connectivity index (χ3v) is 5.14. The molecule has 0 bridgehead atoms. The third-order valence-electron chi connectivity index (χ3n) is 5.14. The van der Waals surface area contributed by atoms with Crippen LogP contribution >= 0.6 is 12.4 Å². The van der Waals surface area contributed by atoms with Gasteiger partial charge in [0.1, 0.15) is 0 Å². The Labute approximate surface area is 142 Å². The molecule has 0 unspecified atom stereocenters. The predicted molar refractivity (Wildman–Crippen MR) is 94.3 cm³/mol. The number of amides is 1. The molecule has 1 saturated heterocycles. The monoisotopic (exact) mass is 331 g/mol. The second-order valence-electron chi connectivity index (χ2n) is 7.25. The smallest absolute Gasteiger partial charge is 0.239 e. The second kappa shape index (κ2) is 9.74. The Morgan fingerprint density at radius 3 is 2.36 bits per heavy atom. The van der Waals surface area contributed by atoms with Gasteiger partial charge in [-0.1, -0.05) is 33.1 Å². The highest BCUT2D eigenvalue weighted by Gasteiger charge is 2.26. The molecule has 4 nitrogen and oxygen atoms in total. The zero-order valence-corrected chi connectivity index (χ0v) is 15.1. The lowest BCUT2D eigenvalue weighted by Crippen LogP contribution is -2.47. The number of rotatable bonds is 4. The lowest BCUT2D eigenvalue weighted by atomic mass is 9.89. The molecule has 2 N–H and O–H groups in total. The lowest BCUT2D eigenvalue weighted by Gasteiger charge is -2.29. The van der Waals surface area contributed by atoms with E-state index in [9.17, 15) is 4.79 Å². The molecule has 2 rings (SSSR count). The molecule has 1 amide bonds. The van der Waals surface area contributed by atoms with Crippen molar-refractivity contribution >= 4 is 18.3 Å². The van der Waals surface area contributed by atoms with Gasteiger partial charge >= 0.3 is 0 Å². The first-order valence-corrected chi connectivity index (χ1v) is 8.84. The van der Waals surface area contributed by atoms with Gasteiger partial charge in [-0.3, -0.25) is 4.79 Å². The van der Waals surface area contributed by atoms with Gasteiger partial charge in [-0.25, -0.2) is 0 Å². The van der Waals surface area contributed by atoms with Gasteiger partial charge in [-0.05, 0) is 37.6 Å². The fraction of sp³-hybridized carbons (Fsp3) is 0.941. The first-order chi connectivity index (χ1) is 10.1. The molecule has 130 valence electrons. The summed E-state index contributed by atoms with van der Waals surface area (Å²) in [4.78, 5) is 16.9. The van der Waals surface area contributed by atoms with E-state index in [0.29, 0.717) is 0 Å². The van der Waals surface area contributed by atoms with Crippen molar-refractivity contribution < 1.29 is 4.79 Å². The van der Waals surface area contributed by atoms with E-state index in [1.54, 1.807) is 0 Å². The van der Waals surface area contributed by atoms with Crippen LogP contribution in [0.25, 0.3) is 0 Å². The van der Waals surface area contributed by atoms with Crippen molar-refractivity contribution in [2.75, 3.05) is 32.7 Å². The van der Waals surface area contributed by atoms with Crippen LogP contribution in [0, 0.1) is 11.8 Å². The molecule has 1 aliphatic carbocycles. The van der Waals surface area contributed by atoms with Gasteiger partial charge in [-0.15, -0.1) is 12.4 Å². The van der Waals surface area contributed by atoms with Crippen LogP contribution in [0.3, 0.4) is 0 Å². The summed E-state index contributed by atoms with van der Waals surface area (Å²) >= 11 is 0. The molecule has 2 fully saturated rings. The molecule has 1 aliphatic heterocycles. The SMILES string of the molecule is CC(C)[C@H](N)C(=O)N1CCCN(CC2CCCCC2)CC1.Cl. The molecule has 0 aromatic rings. The van der Waals surface area contributed by atoms with E-state index >= 15 is 0 Å². The van der Waals surface area contributed by atoms with E-state index in [2.05, 4.69) is 4.90 Å². The molecule has 0 aromatic heterocycles. The minimum absolute atomic E-state index is 0. The fourth-order valence-electron chi connectivity index (χ4n) is 3.60. The van der Waals surface area contributed by atoms with Gasteiger partial charge in [0.05, 0.1) is 6.04 Å². The Morgan fingerprint density at radius 1 is 1.05 bits per heavy atom. The molecule has 1 saturated carbocycles. The Bertz CT molecular complexity index is 332. The minimum Gasteiger partial charge on any atom is -0.340 e. The summed E-state index contributed by atoms with van der Waals surface area (Å²) in [6, 6.07) is -0.338. The topological polar surface area (TPSA) is 49.6 Å². The molecular weight excluding hydrogens is 298 g/mol. The number of carbonyl (C=O) groups excluding carboxylic acids is 1. The van der Waals surface area contributed by atoms with E-state index in [4.69, 9.17) is 5.73 Å². The number of nitrogens with zero attached hydrogens (tertiary/aromatic N) is 2. The maximum Gasteiger partial charge on any atom is 0.239 e. The van der Waals surface area contributed by atoms with Crippen LogP contribution < -0.4 is 5.73 Å². The van der Waals surface area contributed by atoms with Crippen LogP contribution in [-0.4, -0.2) is 54.5 Å². The summed E-state index contributed by atoms with van der Waals surface area (Å²) in [5, 5.41) is 0. The Kier molecular flexibility index (Phi) is 8.73. The number of hydrogen-bond donors (Lipinski definition) is 1. The first-order valence-electron chi connectivity index (χ1n) is 8.84. The Morgan fingerprint density at radius 2 is 1.73 bits per heavy atom. The van der Waals surface area contributed by atoms with Crippen LogP contribution in [0.2, 0.25) is 0 Å². The van der Waals surface area contributed by atoms with E-state index in [1.165, 1.54) is 38.6 Å². The Balaban J connectivity index is 0.00000242. The zero-order valence-electron chi connectivity index (χ0n) is 14.3. The van der Waals surface area contributed by atoms with Crippen LogP contribution in [-0.2, 0) is 4.79 Å². The molecule has 0 radical (unpaired) electrons. The van der Waals surface area contributed by atoms with Gasteiger partial charge in [0.15, 0.2) is 0 Å². The number of nitrogens with two attached hydrogens (primary N) is 1. The minimum atomic E-state index is -0.338. The molecule has 1 atom stereocenters. The average molecular weight is 332 g/mol. The molecule has 22 heavy (non-hydrogen) atoms. The fourth-order valence-corrected chi connectivity index (χ4v) is 3.60. The summed E-state index contributed by atoms with van der Waals surface area (Å²) < 4.78 is 0. The van der Waals surface area contributed by atoms with Crippen LogP contribution in [0.4, 0.5) is 0 Å². The average Bonchev–Trinajstić information content (AvgIpc) is 2.72. The zero-order chi connectivity index (χ0) is 15.2. The second-order valence-corrected chi connectivity index (χ2v) is 7.25. The normalized spacial score (nSPS) is 23.0.